The largest absolute Gasteiger partial charge is 0.350 e. The lowest BCUT2D eigenvalue weighted by Gasteiger charge is -2.30. The Kier molecular flexibility index (Phi) is 5.78. The standard InChI is InChI=1S/C19H22N4O2S/c1-13-10-14(2)22-18-17(13)23(8-9-26-18)19(25)21-12-16(24)20-11-15-6-4-3-5-7-15/h3-7,10H,8-9,11-12H2,1-2H3,(H,20,24)(H,21,25). The lowest BCUT2D eigenvalue weighted by Crippen LogP contribution is -2.46. The second-order valence-corrected chi connectivity index (χ2v) is 7.24. The maximum Gasteiger partial charge on any atom is 0.322 e. The van der Waals surface area contributed by atoms with Crippen molar-refractivity contribution < 1.29 is 9.59 Å². The number of benzene rings is 1. The highest BCUT2D eigenvalue weighted by Crippen LogP contribution is 2.36. The average molecular weight is 370 g/mol. The molecule has 0 aliphatic carbocycles. The topological polar surface area (TPSA) is 74.3 Å². The van der Waals surface area contributed by atoms with Gasteiger partial charge in [0.05, 0.1) is 12.2 Å². The fraction of sp³-hybridized carbons (Fsp3) is 0.316. The number of nitrogens with zero attached hydrogens (tertiary/aromatic N) is 2. The average Bonchev–Trinajstić information content (AvgIpc) is 2.64. The van der Waals surface area contributed by atoms with Crippen LogP contribution in [-0.2, 0) is 11.3 Å². The lowest BCUT2D eigenvalue weighted by molar-refractivity contribution is -0.120. The van der Waals surface area contributed by atoms with E-state index < -0.39 is 0 Å². The zero-order valence-corrected chi connectivity index (χ0v) is 15.7. The highest BCUT2D eigenvalue weighted by Gasteiger charge is 2.26. The predicted octanol–water partition coefficient (Wildman–Crippen LogP) is 2.64. The summed E-state index contributed by atoms with van der Waals surface area (Å²) in [6, 6.07) is 11.4. The van der Waals surface area contributed by atoms with Crippen molar-refractivity contribution in [2.24, 2.45) is 0 Å². The molecule has 1 aromatic heterocycles. The fourth-order valence-electron chi connectivity index (χ4n) is 2.88. The third-order valence-electron chi connectivity index (χ3n) is 4.08. The first kappa shape index (κ1) is 18.3. The molecule has 0 unspecified atom stereocenters. The Morgan fingerprint density at radius 1 is 1.19 bits per heavy atom. The number of anilines is 1. The summed E-state index contributed by atoms with van der Waals surface area (Å²) in [5.41, 5.74) is 3.82. The monoisotopic (exact) mass is 370 g/mol. The van der Waals surface area contributed by atoms with Crippen molar-refractivity contribution in [2.75, 3.05) is 23.7 Å². The summed E-state index contributed by atoms with van der Waals surface area (Å²) in [6.45, 7) is 4.92. The van der Waals surface area contributed by atoms with E-state index in [-0.39, 0.29) is 18.5 Å². The first-order valence-corrected chi connectivity index (χ1v) is 9.50. The van der Waals surface area contributed by atoms with Gasteiger partial charge in [-0.15, -0.1) is 11.8 Å². The molecule has 1 aliphatic rings. The molecule has 1 aliphatic heterocycles. The van der Waals surface area contributed by atoms with Gasteiger partial charge < -0.3 is 10.6 Å². The molecular weight excluding hydrogens is 348 g/mol. The van der Waals surface area contributed by atoms with Crippen molar-refractivity contribution in [3.05, 3.63) is 53.2 Å². The number of fused-ring (bicyclic) bond motifs is 1. The molecule has 6 nitrogen and oxygen atoms in total. The van der Waals surface area contributed by atoms with Crippen LogP contribution in [0.5, 0.6) is 0 Å². The first-order valence-electron chi connectivity index (χ1n) is 8.51. The van der Waals surface area contributed by atoms with Gasteiger partial charge in [0.1, 0.15) is 5.03 Å². The van der Waals surface area contributed by atoms with Crippen LogP contribution in [0.1, 0.15) is 16.8 Å². The minimum absolute atomic E-state index is 0.0526. The molecule has 0 fully saturated rings. The zero-order chi connectivity index (χ0) is 18.5. The van der Waals surface area contributed by atoms with E-state index in [0.717, 1.165) is 33.3 Å². The number of rotatable bonds is 4. The number of hydrogen-bond donors (Lipinski definition) is 2. The van der Waals surface area contributed by atoms with E-state index in [4.69, 9.17) is 0 Å². The van der Waals surface area contributed by atoms with E-state index in [0.29, 0.717) is 13.1 Å². The lowest BCUT2D eigenvalue weighted by atomic mass is 10.2. The van der Waals surface area contributed by atoms with Gasteiger partial charge in [0.15, 0.2) is 0 Å². The van der Waals surface area contributed by atoms with E-state index in [1.807, 2.05) is 50.2 Å². The second-order valence-electron chi connectivity index (χ2n) is 6.16. The molecule has 2 aromatic rings. The van der Waals surface area contributed by atoms with E-state index in [1.165, 1.54) is 0 Å². The van der Waals surface area contributed by atoms with Crippen molar-refractivity contribution in [3.63, 3.8) is 0 Å². The Bertz CT molecular complexity index is 811. The highest BCUT2D eigenvalue weighted by molar-refractivity contribution is 7.99. The molecule has 2 heterocycles. The number of thioether (sulfide) groups is 1. The maximum atomic E-state index is 12.6. The van der Waals surface area contributed by atoms with E-state index in [2.05, 4.69) is 15.6 Å². The number of nitrogens with one attached hydrogen (secondary N) is 2. The molecule has 3 rings (SSSR count). The van der Waals surface area contributed by atoms with Crippen LogP contribution in [0.4, 0.5) is 10.5 Å². The van der Waals surface area contributed by atoms with Crippen LogP contribution in [0.2, 0.25) is 0 Å². The summed E-state index contributed by atoms with van der Waals surface area (Å²) in [5, 5.41) is 6.39. The van der Waals surface area contributed by atoms with Crippen molar-refractivity contribution >= 4 is 29.4 Å². The third-order valence-corrected chi connectivity index (χ3v) is 5.03. The summed E-state index contributed by atoms with van der Waals surface area (Å²) in [5.74, 6) is 0.573. The first-order chi connectivity index (χ1) is 12.5. The highest BCUT2D eigenvalue weighted by atomic mass is 32.2. The van der Waals surface area contributed by atoms with Gasteiger partial charge in [0, 0.05) is 24.5 Å². The van der Waals surface area contributed by atoms with Gasteiger partial charge in [0.25, 0.3) is 0 Å². The van der Waals surface area contributed by atoms with Crippen LogP contribution in [-0.4, -0.2) is 35.8 Å². The molecule has 1 aromatic carbocycles. The Morgan fingerprint density at radius 3 is 2.73 bits per heavy atom. The van der Waals surface area contributed by atoms with E-state index in [1.54, 1.807) is 16.7 Å². The number of aryl methyl sites for hydroxylation is 2. The number of carbonyl (C=O) groups is 2. The third kappa shape index (κ3) is 4.35. The molecule has 3 amide bonds. The molecule has 136 valence electrons. The zero-order valence-electron chi connectivity index (χ0n) is 14.9. The van der Waals surface area contributed by atoms with Crippen molar-refractivity contribution in [1.29, 1.82) is 0 Å². The van der Waals surface area contributed by atoms with Gasteiger partial charge in [-0.05, 0) is 31.0 Å². The molecular formula is C19H22N4O2S. The summed E-state index contributed by atoms with van der Waals surface area (Å²) in [7, 11) is 0. The summed E-state index contributed by atoms with van der Waals surface area (Å²) in [4.78, 5) is 30.8. The van der Waals surface area contributed by atoms with Gasteiger partial charge in [-0.2, -0.15) is 0 Å². The Balaban J connectivity index is 1.57. The minimum atomic E-state index is -0.268. The van der Waals surface area contributed by atoms with E-state index >= 15 is 0 Å². The summed E-state index contributed by atoms with van der Waals surface area (Å²) >= 11 is 1.66. The van der Waals surface area contributed by atoms with Crippen LogP contribution in [0.25, 0.3) is 0 Å². The van der Waals surface area contributed by atoms with Crippen molar-refractivity contribution in [2.45, 2.75) is 25.4 Å². The van der Waals surface area contributed by atoms with Gasteiger partial charge in [-0.1, -0.05) is 30.3 Å². The van der Waals surface area contributed by atoms with Crippen LogP contribution in [0, 0.1) is 13.8 Å². The number of pyridine rings is 1. The molecule has 0 spiro atoms. The molecule has 0 saturated heterocycles. The minimum Gasteiger partial charge on any atom is -0.350 e. The number of carbonyl (C=O) groups excluding carboxylic acids is 2. The molecule has 7 heteroatoms. The maximum absolute atomic E-state index is 12.6. The quantitative estimate of drug-likeness (QED) is 0.868. The molecule has 0 saturated carbocycles. The van der Waals surface area contributed by atoms with Gasteiger partial charge >= 0.3 is 6.03 Å². The predicted molar refractivity (Wildman–Crippen MR) is 103 cm³/mol. The van der Waals surface area contributed by atoms with E-state index in [9.17, 15) is 9.59 Å². The van der Waals surface area contributed by atoms with Crippen molar-refractivity contribution in [1.82, 2.24) is 15.6 Å². The smallest absolute Gasteiger partial charge is 0.322 e. The molecule has 0 atom stereocenters. The van der Waals surface area contributed by atoms with Crippen LogP contribution in [0.15, 0.2) is 41.4 Å². The fourth-order valence-corrected chi connectivity index (χ4v) is 3.97. The van der Waals surface area contributed by atoms with Crippen LogP contribution >= 0.6 is 11.8 Å². The van der Waals surface area contributed by atoms with Crippen molar-refractivity contribution in [3.8, 4) is 0 Å². The Morgan fingerprint density at radius 2 is 1.96 bits per heavy atom. The normalized spacial score (nSPS) is 13.1. The molecule has 0 radical (unpaired) electrons. The molecule has 26 heavy (non-hydrogen) atoms. The number of hydrogen-bond acceptors (Lipinski definition) is 4. The van der Waals surface area contributed by atoms with Gasteiger partial charge in [0.2, 0.25) is 5.91 Å². The Hall–Kier alpha value is -2.54. The Labute approximate surface area is 157 Å². The van der Waals surface area contributed by atoms with Crippen LogP contribution in [0.3, 0.4) is 0 Å². The van der Waals surface area contributed by atoms with Gasteiger partial charge in [-0.3, -0.25) is 9.69 Å². The molecule has 2 N–H and O–H groups in total. The summed E-state index contributed by atoms with van der Waals surface area (Å²) in [6.07, 6.45) is 0. The van der Waals surface area contributed by atoms with Gasteiger partial charge in [-0.25, -0.2) is 9.78 Å². The summed E-state index contributed by atoms with van der Waals surface area (Å²) < 4.78 is 0. The molecule has 0 bridgehead atoms. The number of urea groups is 1. The number of aromatic nitrogens is 1. The van der Waals surface area contributed by atoms with Crippen LogP contribution < -0.4 is 15.5 Å². The second kappa shape index (κ2) is 8.23. The SMILES string of the molecule is Cc1cc(C)c2c(n1)SCCN2C(=O)NCC(=O)NCc1ccccc1. The number of amides is 3.